The van der Waals surface area contributed by atoms with Crippen molar-refractivity contribution in [3.8, 4) is 0 Å². The molecule has 2 aromatic rings. The van der Waals surface area contributed by atoms with Gasteiger partial charge in [-0.15, -0.1) is 0 Å². The molecule has 76 valence electrons. The summed E-state index contributed by atoms with van der Waals surface area (Å²) in [6.45, 7) is 0. The lowest BCUT2D eigenvalue weighted by Crippen LogP contribution is -2.27. The monoisotopic (exact) mass is 263 g/mol. The maximum atomic E-state index is 7.37. The van der Waals surface area contributed by atoms with Crippen LogP contribution in [-0.4, -0.2) is 5.96 Å². The number of benzene rings is 2. The fraction of sp³-hybridized carbons (Fsp3) is 0. The van der Waals surface area contributed by atoms with Gasteiger partial charge in [-0.2, -0.15) is 0 Å². The molecular formula is C11H10BrN3. The van der Waals surface area contributed by atoms with Crippen LogP contribution in [0, 0.1) is 5.41 Å². The van der Waals surface area contributed by atoms with E-state index >= 15 is 0 Å². The molecule has 3 nitrogen and oxygen atoms in total. The number of hydrogen-bond donors (Lipinski definition) is 2. The van der Waals surface area contributed by atoms with Gasteiger partial charge in [0.2, 0.25) is 5.96 Å². The lowest BCUT2D eigenvalue weighted by molar-refractivity contribution is 1.37. The van der Waals surface area contributed by atoms with Gasteiger partial charge in [-0.1, -0.05) is 36.4 Å². The van der Waals surface area contributed by atoms with E-state index in [1.807, 2.05) is 42.5 Å². The minimum atomic E-state index is -0.0358. The first-order chi connectivity index (χ1) is 7.20. The molecule has 0 atom stereocenters. The van der Waals surface area contributed by atoms with Gasteiger partial charge in [-0.3, -0.25) is 5.41 Å². The van der Waals surface area contributed by atoms with Crippen molar-refractivity contribution in [3.05, 3.63) is 42.5 Å². The number of guanidine groups is 1. The molecule has 2 aromatic carbocycles. The number of anilines is 1. The Bertz CT molecular complexity index is 505. The molecule has 0 aliphatic heterocycles. The lowest BCUT2D eigenvalue weighted by Gasteiger charge is -2.15. The molecule has 0 bridgehead atoms. The molecule has 0 saturated carbocycles. The third-order valence-corrected chi connectivity index (χ3v) is 2.95. The van der Waals surface area contributed by atoms with E-state index in [4.69, 9.17) is 11.1 Å². The number of fused-ring (bicyclic) bond motifs is 1. The molecule has 0 aromatic heterocycles. The number of hydrogen-bond acceptors (Lipinski definition) is 1. The summed E-state index contributed by atoms with van der Waals surface area (Å²) in [4.78, 5) is 0. The van der Waals surface area contributed by atoms with E-state index in [1.165, 1.54) is 3.93 Å². The van der Waals surface area contributed by atoms with Crippen molar-refractivity contribution in [2.45, 2.75) is 0 Å². The Hall–Kier alpha value is -1.55. The average molecular weight is 264 g/mol. The zero-order valence-electron chi connectivity index (χ0n) is 7.94. The van der Waals surface area contributed by atoms with Crippen LogP contribution in [-0.2, 0) is 0 Å². The van der Waals surface area contributed by atoms with E-state index in [2.05, 4.69) is 16.1 Å². The van der Waals surface area contributed by atoms with Gasteiger partial charge < -0.3 is 5.73 Å². The van der Waals surface area contributed by atoms with Gasteiger partial charge in [0.15, 0.2) is 0 Å². The van der Waals surface area contributed by atoms with E-state index in [0.29, 0.717) is 0 Å². The van der Waals surface area contributed by atoms with Gasteiger partial charge >= 0.3 is 0 Å². The lowest BCUT2D eigenvalue weighted by atomic mass is 10.1. The molecular weight excluding hydrogens is 254 g/mol. The molecule has 15 heavy (non-hydrogen) atoms. The van der Waals surface area contributed by atoms with E-state index in [0.717, 1.165) is 16.5 Å². The number of nitrogens with zero attached hydrogens (tertiary/aromatic N) is 1. The predicted molar refractivity (Wildman–Crippen MR) is 67.3 cm³/mol. The molecule has 0 radical (unpaired) electrons. The van der Waals surface area contributed by atoms with E-state index in [9.17, 15) is 0 Å². The van der Waals surface area contributed by atoms with Crippen LogP contribution in [0.5, 0.6) is 0 Å². The van der Waals surface area contributed by atoms with Crippen molar-refractivity contribution in [1.82, 2.24) is 0 Å². The van der Waals surface area contributed by atoms with Gasteiger partial charge in [-0.25, -0.2) is 3.93 Å². The van der Waals surface area contributed by atoms with Crippen molar-refractivity contribution in [2.75, 3.05) is 3.93 Å². The van der Waals surface area contributed by atoms with Gasteiger partial charge in [-0.05, 0) is 11.5 Å². The van der Waals surface area contributed by atoms with E-state index in [-0.39, 0.29) is 5.96 Å². The maximum Gasteiger partial charge on any atom is 0.203 e. The maximum absolute atomic E-state index is 7.37. The second-order valence-corrected chi connectivity index (χ2v) is 3.87. The van der Waals surface area contributed by atoms with E-state index in [1.54, 1.807) is 0 Å². The number of nitrogens with one attached hydrogen (secondary N) is 1. The number of halogens is 1. The fourth-order valence-corrected chi connectivity index (χ4v) is 1.82. The zero-order chi connectivity index (χ0) is 10.8. The molecule has 0 aliphatic rings. The van der Waals surface area contributed by atoms with Crippen LogP contribution >= 0.6 is 16.1 Å². The second kappa shape index (κ2) is 3.90. The van der Waals surface area contributed by atoms with Crippen molar-refractivity contribution in [3.63, 3.8) is 0 Å². The van der Waals surface area contributed by atoms with Crippen LogP contribution in [0.15, 0.2) is 42.5 Å². The highest BCUT2D eigenvalue weighted by atomic mass is 79.9. The molecule has 0 spiro atoms. The van der Waals surface area contributed by atoms with Crippen LogP contribution in [0.25, 0.3) is 10.8 Å². The zero-order valence-corrected chi connectivity index (χ0v) is 9.53. The summed E-state index contributed by atoms with van der Waals surface area (Å²) < 4.78 is 1.48. The van der Waals surface area contributed by atoms with Crippen molar-refractivity contribution in [2.24, 2.45) is 5.73 Å². The Morgan fingerprint density at radius 1 is 1.13 bits per heavy atom. The van der Waals surface area contributed by atoms with E-state index < -0.39 is 0 Å². The first kappa shape index (κ1) is 9.98. The minimum absolute atomic E-state index is 0.0358. The van der Waals surface area contributed by atoms with Crippen LogP contribution < -0.4 is 9.66 Å². The van der Waals surface area contributed by atoms with Gasteiger partial charge in [0.1, 0.15) is 0 Å². The molecule has 0 fully saturated rings. The Kier molecular flexibility index (Phi) is 2.60. The Balaban J connectivity index is 2.65. The topological polar surface area (TPSA) is 53.1 Å². The summed E-state index contributed by atoms with van der Waals surface area (Å²) in [6, 6.07) is 13.9. The highest BCUT2D eigenvalue weighted by Gasteiger charge is 2.08. The summed E-state index contributed by atoms with van der Waals surface area (Å²) in [7, 11) is 0. The third-order valence-electron chi connectivity index (χ3n) is 2.19. The molecule has 2 rings (SSSR count). The first-order valence-electron chi connectivity index (χ1n) is 4.48. The fourth-order valence-electron chi connectivity index (χ4n) is 1.51. The van der Waals surface area contributed by atoms with Crippen molar-refractivity contribution < 1.29 is 0 Å². The standard InChI is InChI=1S/C11H10BrN3/c12-15(11(13)14)10-7-3-5-8-4-1-2-6-9(8)10/h1-7H,(H3,13,14). The molecule has 3 N–H and O–H groups in total. The van der Waals surface area contributed by atoms with Crippen LogP contribution in [0.3, 0.4) is 0 Å². The summed E-state index contributed by atoms with van der Waals surface area (Å²) in [5, 5.41) is 9.56. The summed E-state index contributed by atoms with van der Waals surface area (Å²) in [6.07, 6.45) is 0. The minimum Gasteiger partial charge on any atom is -0.369 e. The molecule has 0 amide bonds. The van der Waals surface area contributed by atoms with Crippen LogP contribution in [0.2, 0.25) is 0 Å². The summed E-state index contributed by atoms with van der Waals surface area (Å²) >= 11 is 3.26. The Morgan fingerprint density at radius 3 is 2.53 bits per heavy atom. The highest BCUT2D eigenvalue weighted by molar-refractivity contribution is 9.10. The number of nitrogens with two attached hydrogens (primary N) is 1. The Morgan fingerprint density at radius 2 is 1.80 bits per heavy atom. The first-order valence-corrected chi connectivity index (χ1v) is 5.19. The molecule has 0 heterocycles. The summed E-state index contributed by atoms with van der Waals surface area (Å²) in [5.74, 6) is -0.0358. The van der Waals surface area contributed by atoms with Crippen molar-refractivity contribution in [1.29, 1.82) is 5.41 Å². The average Bonchev–Trinajstić information content (AvgIpc) is 2.27. The van der Waals surface area contributed by atoms with Crippen LogP contribution in [0.1, 0.15) is 0 Å². The largest absolute Gasteiger partial charge is 0.369 e. The highest BCUT2D eigenvalue weighted by Crippen LogP contribution is 2.28. The molecule has 0 aliphatic carbocycles. The normalized spacial score (nSPS) is 10.2. The molecule has 0 saturated heterocycles. The smallest absolute Gasteiger partial charge is 0.203 e. The van der Waals surface area contributed by atoms with Crippen LogP contribution in [0.4, 0.5) is 5.69 Å². The quantitative estimate of drug-likeness (QED) is 0.472. The molecule has 4 heteroatoms. The Labute approximate surface area is 96.3 Å². The summed E-state index contributed by atoms with van der Waals surface area (Å²) in [5.41, 5.74) is 6.30. The van der Waals surface area contributed by atoms with Gasteiger partial charge in [0.05, 0.1) is 21.8 Å². The number of rotatable bonds is 1. The van der Waals surface area contributed by atoms with Gasteiger partial charge in [0, 0.05) is 5.39 Å². The SMILES string of the molecule is N=C(N)N(Br)c1cccc2ccccc12. The molecule has 0 unspecified atom stereocenters. The second-order valence-electron chi connectivity index (χ2n) is 3.16. The predicted octanol–water partition coefficient (Wildman–Crippen LogP) is 2.85. The third kappa shape index (κ3) is 1.80. The van der Waals surface area contributed by atoms with Gasteiger partial charge in [0.25, 0.3) is 0 Å². The van der Waals surface area contributed by atoms with Crippen molar-refractivity contribution >= 4 is 38.6 Å².